The molecule has 3 aromatic heterocycles. The number of nitrogens with zero attached hydrogens (tertiary/aromatic N) is 3. The molecule has 1 amide bonds. The molecule has 6 nitrogen and oxygen atoms in total. The summed E-state index contributed by atoms with van der Waals surface area (Å²) >= 11 is 1.36. The van der Waals surface area contributed by atoms with Crippen molar-refractivity contribution in [1.82, 2.24) is 14.5 Å². The Balaban J connectivity index is 1.55. The summed E-state index contributed by atoms with van der Waals surface area (Å²) in [6, 6.07) is 16.8. The lowest BCUT2D eigenvalue weighted by Gasteiger charge is -2.11. The molecule has 0 aliphatic carbocycles. The Labute approximate surface area is 194 Å². The van der Waals surface area contributed by atoms with Crippen molar-refractivity contribution >= 4 is 43.4 Å². The van der Waals surface area contributed by atoms with Gasteiger partial charge in [-0.1, -0.05) is 31.2 Å². The molecule has 0 fully saturated rings. The molecule has 2 aromatic carbocycles. The Kier molecular flexibility index (Phi) is 5.26. The normalized spacial score (nSPS) is 11.2. The number of fused-ring (bicyclic) bond motifs is 3. The molecular formula is C26H22N4O2S. The molecule has 0 unspecified atom stereocenters. The molecule has 164 valence electrons. The molecule has 0 radical (unpaired) electrons. The number of carbonyl (C=O) groups excluding carboxylic acids is 1. The Morgan fingerprint density at radius 3 is 2.73 bits per heavy atom. The topological polar surface area (TPSA) is 76.9 Å². The van der Waals surface area contributed by atoms with Crippen molar-refractivity contribution in [2.75, 3.05) is 5.32 Å². The molecule has 0 atom stereocenters. The van der Waals surface area contributed by atoms with Gasteiger partial charge in [-0.25, -0.2) is 9.97 Å². The van der Waals surface area contributed by atoms with Crippen molar-refractivity contribution < 1.29 is 4.79 Å². The predicted octanol–water partition coefficient (Wildman–Crippen LogP) is 5.43. The summed E-state index contributed by atoms with van der Waals surface area (Å²) in [7, 11) is 0. The van der Waals surface area contributed by atoms with E-state index in [1.165, 1.54) is 22.2 Å². The fourth-order valence-corrected chi connectivity index (χ4v) is 5.27. The average molecular weight is 455 g/mol. The highest BCUT2D eigenvalue weighted by molar-refractivity contribution is 7.25. The Bertz CT molecular complexity index is 1600. The molecular weight excluding hydrogens is 432 g/mol. The first kappa shape index (κ1) is 21.0. The van der Waals surface area contributed by atoms with E-state index < -0.39 is 0 Å². The zero-order valence-electron chi connectivity index (χ0n) is 18.5. The maximum atomic E-state index is 13.4. The van der Waals surface area contributed by atoms with Gasteiger partial charge in [-0.2, -0.15) is 0 Å². The van der Waals surface area contributed by atoms with Gasteiger partial charge in [-0.3, -0.25) is 14.2 Å². The molecule has 0 bridgehead atoms. The number of rotatable bonds is 4. The summed E-state index contributed by atoms with van der Waals surface area (Å²) in [5.74, 6) is -0.225. The highest BCUT2D eigenvalue weighted by atomic mass is 32.1. The number of aromatic nitrogens is 3. The van der Waals surface area contributed by atoms with Gasteiger partial charge in [-0.15, -0.1) is 11.3 Å². The number of anilines is 1. The molecule has 0 spiro atoms. The molecule has 5 aromatic rings. The van der Waals surface area contributed by atoms with Crippen LogP contribution in [0.2, 0.25) is 0 Å². The maximum Gasteiger partial charge on any atom is 0.275 e. The summed E-state index contributed by atoms with van der Waals surface area (Å²) in [4.78, 5) is 36.3. The number of thiophene rings is 1. The van der Waals surface area contributed by atoms with Gasteiger partial charge in [0.05, 0.1) is 11.2 Å². The van der Waals surface area contributed by atoms with E-state index in [9.17, 15) is 9.59 Å². The van der Waals surface area contributed by atoms with Crippen molar-refractivity contribution in [2.45, 2.75) is 27.2 Å². The summed E-state index contributed by atoms with van der Waals surface area (Å²) in [6.45, 7) is 6.00. The second kappa shape index (κ2) is 8.26. The lowest BCUT2D eigenvalue weighted by Crippen LogP contribution is -2.19. The molecule has 3 heterocycles. The molecule has 0 saturated carbocycles. The first-order valence-electron chi connectivity index (χ1n) is 10.7. The molecule has 0 saturated heterocycles. The number of benzene rings is 2. The molecule has 1 N–H and O–H groups in total. The van der Waals surface area contributed by atoms with Gasteiger partial charge >= 0.3 is 0 Å². The third kappa shape index (κ3) is 3.70. The Morgan fingerprint density at radius 2 is 1.91 bits per heavy atom. The largest absolute Gasteiger partial charge is 0.322 e. The van der Waals surface area contributed by atoms with Crippen LogP contribution in [0.4, 0.5) is 5.69 Å². The van der Waals surface area contributed by atoms with Crippen molar-refractivity contribution in [3.05, 3.63) is 93.7 Å². The average Bonchev–Trinajstić information content (AvgIpc) is 3.19. The minimum atomic E-state index is -0.225. The number of aryl methyl sites for hydroxylation is 3. The standard InChI is InChI=1S/C26H22N4O2S/c1-4-17-8-5-6-11-20(17)29-24(31)18-9-7-10-19(13-18)30-14-27-22-21-15(2)12-16(3)28-25(21)33-23(22)26(30)32/h5-14H,4H2,1-3H3,(H,29,31). The van der Waals surface area contributed by atoms with Gasteiger partial charge in [0.25, 0.3) is 11.5 Å². The van der Waals surface area contributed by atoms with Crippen LogP contribution in [0, 0.1) is 13.8 Å². The van der Waals surface area contributed by atoms with E-state index in [0.29, 0.717) is 21.5 Å². The number of para-hydroxylation sites is 1. The second-order valence-electron chi connectivity index (χ2n) is 7.98. The van der Waals surface area contributed by atoms with Gasteiger partial charge in [0.15, 0.2) is 0 Å². The van der Waals surface area contributed by atoms with E-state index in [4.69, 9.17) is 0 Å². The SMILES string of the molecule is CCc1ccccc1NC(=O)c1cccc(-n2cnc3c(sc4nc(C)cc(C)c43)c2=O)c1. The van der Waals surface area contributed by atoms with Gasteiger partial charge in [0.2, 0.25) is 0 Å². The maximum absolute atomic E-state index is 13.4. The number of carbonyl (C=O) groups is 1. The van der Waals surface area contributed by atoms with E-state index in [0.717, 1.165) is 39.1 Å². The zero-order valence-corrected chi connectivity index (χ0v) is 19.4. The monoisotopic (exact) mass is 454 g/mol. The van der Waals surface area contributed by atoms with Crippen molar-refractivity contribution in [3.8, 4) is 5.69 Å². The van der Waals surface area contributed by atoms with Gasteiger partial charge < -0.3 is 5.32 Å². The molecule has 0 aliphatic heterocycles. The molecule has 0 aliphatic rings. The van der Waals surface area contributed by atoms with Crippen LogP contribution in [0.1, 0.15) is 34.1 Å². The lowest BCUT2D eigenvalue weighted by molar-refractivity contribution is 0.102. The minimum Gasteiger partial charge on any atom is -0.322 e. The highest BCUT2D eigenvalue weighted by Crippen LogP contribution is 2.32. The first-order valence-corrected chi connectivity index (χ1v) is 11.6. The number of pyridine rings is 1. The van der Waals surface area contributed by atoms with Crippen molar-refractivity contribution in [2.24, 2.45) is 0 Å². The van der Waals surface area contributed by atoms with Crippen LogP contribution >= 0.6 is 11.3 Å². The summed E-state index contributed by atoms with van der Waals surface area (Å²) in [6.07, 6.45) is 2.35. The third-order valence-corrected chi connectivity index (χ3v) is 6.77. The van der Waals surface area contributed by atoms with E-state index >= 15 is 0 Å². The van der Waals surface area contributed by atoms with Crippen LogP contribution < -0.4 is 10.9 Å². The Hall–Kier alpha value is -3.84. The van der Waals surface area contributed by atoms with Crippen molar-refractivity contribution in [3.63, 3.8) is 0 Å². The zero-order chi connectivity index (χ0) is 23.1. The number of amides is 1. The summed E-state index contributed by atoms with van der Waals surface area (Å²) in [5.41, 5.74) is 5.38. The third-order valence-electron chi connectivity index (χ3n) is 5.71. The van der Waals surface area contributed by atoms with E-state index in [-0.39, 0.29) is 11.5 Å². The number of hydrogen-bond donors (Lipinski definition) is 1. The van der Waals surface area contributed by atoms with Crippen LogP contribution in [0.5, 0.6) is 0 Å². The van der Waals surface area contributed by atoms with Gasteiger partial charge in [0.1, 0.15) is 15.9 Å². The fraction of sp³-hybridized carbons (Fsp3) is 0.154. The quantitative estimate of drug-likeness (QED) is 0.393. The Morgan fingerprint density at radius 1 is 1.09 bits per heavy atom. The number of hydrogen-bond acceptors (Lipinski definition) is 5. The molecule has 5 rings (SSSR count). The predicted molar refractivity (Wildman–Crippen MR) is 134 cm³/mol. The smallest absolute Gasteiger partial charge is 0.275 e. The first-order chi connectivity index (χ1) is 16.0. The number of nitrogens with one attached hydrogen (secondary N) is 1. The minimum absolute atomic E-state index is 0.172. The lowest BCUT2D eigenvalue weighted by atomic mass is 10.1. The summed E-state index contributed by atoms with van der Waals surface area (Å²) < 4.78 is 2.04. The highest BCUT2D eigenvalue weighted by Gasteiger charge is 2.16. The second-order valence-corrected chi connectivity index (χ2v) is 8.97. The van der Waals surface area contributed by atoms with Crippen LogP contribution in [0.3, 0.4) is 0 Å². The van der Waals surface area contributed by atoms with Crippen LogP contribution in [0.25, 0.3) is 26.1 Å². The van der Waals surface area contributed by atoms with Crippen LogP contribution in [-0.4, -0.2) is 20.4 Å². The summed E-state index contributed by atoms with van der Waals surface area (Å²) in [5, 5.41) is 3.91. The molecule has 33 heavy (non-hydrogen) atoms. The van der Waals surface area contributed by atoms with E-state index in [2.05, 4.69) is 15.3 Å². The fourth-order valence-electron chi connectivity index (χ4n) is 4.09. The van der Waals surface area contributed by atoms with Gasteiger partial charge in [-0.05, 0) is 61.7 Å². The van der Waals surface area contributed by atoms with E-state index in [1.807, 2.05) is 51.1 Å². The van der Waals surface area contributed by atoms with E-state index in [1.54, 1.807) is 24.3 Å². The van der Waals surface area contributed by atoms with Crippen LogP contribution in [-0.2, 0) is 6.42 Å². The molecule has 7 heteroatoms. The van der Waals surface area contributed by atoms with Crippen LogP contribution in [0.15, 0.2) is 65.7 Å². The van der Waals surface area contributed by atoms with Gasteiger partial charge in [0, 0.05) is 22.3 Å². The van der Waals surface area contributed by atoms with Crippen molar-refractivity contribution in [1.29, 1.82) is 0 Å².